The molecule has 1 saturated heterocycles. The summed E-state index contributed by atoms with van der Waals surface area (Å²) in [6, 6.07) is 5.18. The molecule has 0 spiro atoms. The first kappa shape index (κ1) is 14.4. The molecular weight excluding hydrogens is 236 g/mol. The molecule has 3 nitrogen and oxygen atoms in total. The molecule has 19 heavy (non-hydrogen) atoms. The lowest BCUT2D eigenvalue weighted by atomic mass is 10.0. The van der Waals surface area contributed by atoms with Crippen molar-refractivity contribution in [3.05, 3.63) is 28.8 Å². The average Bonchev–Trinajstić information content (AvgIpc) is 2.51. The maximum absolute atomic E-state index is 9.46. The highest BCUT2D eigenvalue weighted by molar-refractivity contribution is 5.61. The Labute approximate surface area is 116 Å². The van der Waals surface area contributed by atoms with Crippen molar-refractivity contribution < 1.29 is 5.11 Å². The van der Waals surface area contributed by atoms with E-state index in [1.807, 2.05) is 0 Å². The van der Waals surface area contributed by atoms with Gasteiger partial charge in [-0.1, -0.05) is 17.7 Å². The minimum atomic E-state index is 0.171. The van der Waals surface area contributed by atoms with Crippen LogP contribution in [0.2, 0.25) is 0 Å². The van der Waals surface area contributed by atoms with E-state index in [4.69, 9.17) is 0 Å². The fraction of sp³-hybridized carbons (Fsp3) is 0.625. The van der Waals surface area contributed by atoms with Gasteiger partial charge in [-0.05, 0) is 51.8 Å². The molecule has 2 atom stereocenters. The minimum absolute atomic E-state index is 0.171. The third kappa shape index (κ3) is 3.10. The molecule has 1 heterocycles. The Morgan fingerprint density at radius 2 is 1.89 bits per heavy atom. The van der Waals surface area contributed by atoms with Crippen LogP contribution in [0.25, 0.3) is 0 Å². The number of rotatable bonds is 2. The van der Waals surface area contributed by atoms with Crippen LogP contribution in [-0.4, -0.2) is 36.9 Å². The smallest absolute Gasteiger partial charge is 0.0601 e. The molecule has 1 aliphatic rings. The first-order valence-electron chi connectivity index (χ1n) is 7.21. The maximum Gasteiger partial charge on any atom is 0.0601 e. The van der Waals surface area contributed by atoms with Gasteiger partial charge in [0.15, 0.2) is 0 Å². The van der Waals surface area contributed by atoms with Crippen LogP contribution in [0.5, 0.6) is 0 Å². The number of hydrogen-bond donors (Lipinski definition) is 2. The molecule has 0 amide bonds. The summed E-state index contributed by atoms with van der Waals surface area (Å²) in [4.78, 5) is 2.46. The van der Waals surface area contributed by atoms with Gasteiger partial charge in [-0.25, -0.2) is 0 Å². The minimum Gasteiger partial charge on any atom is -0.395 e. The highest BCUT2D eigenvalue weighted by Gasteiger charge is 2.24. The van der Waals surface area contributed by atoms with E-state index in [-0.39, 0.29) is 12.6 Å². The molecule has 1 aromatic rings. The van der Waals surface area contributed by atoms with Crippen LogP contribution in [0.3, 0.4) is 0 Å². The summed E-state index contributed by atoms with van der Waals surface area (Å²) >= 11 is 0. The van der Waals surface area contributed by atoms with E-state index in [1.165, 1.54) is 22.4 Å². The van der Waals surface area contributed by atoms with Gasteiger partial charge in [0.05, 0.1) is 6.61 Å². The van der Waals surface area contributed by atoms with Crippen molar-refractivity contribution in [1.82, 2.24) is 5.32 Å². The largest absolute Gasteiger partial charge is 0.395 e. The molecular formula is C16H26N2O. The van der Waals surface area contributed by atoms with E-state index in [0.29, 0.717) is 6.04 Å². The van der Waals surface area contributed by atoms with Crippen LogP contribution < -0.4 is 10.2 Å². The molecule has 1 aromatic carbocycles. The summed E-state index contributed by atoms with van der Waals surface area (Å²) in [6.45, 7) is 10.9. The van der Waals surface area contributed by atoms with Gasteiger partial charge in [-0.2, -0.15) is 0 Å². The number of aryl methyl sites for hydroxylation is 3. The Morgan fingerprint density at radius 1 is 1.26 bits per heavy atom. The van der Waals surface area contributed by atoms with Crippen molar-refractivity contribution >= 4 is 5.69 Å². The van der Waals surface area contributed by atoms with Gasteiger partial charge in [0.2, 0.25) is 0 Å². The number of anilines is 1. The van der Waals surface area contributed by atoms with E-state index in [9.17, 15) is 5.11 Å². The van der Waals surface area contributed by atoms with Crippen LogP contribution in [0, 0.1) is 20.8 Å². The third-order valence-electron chi connectivity index (χ3n) is 4.09. The molecule has 1 aliphatic heterocycles. The van der Waals surface area contributed by atoms with E-state index >= 15 is 0 Å². The van der Waals surface area contributed by atoms with Crippen molar-refractivity contribution in [3.8, 4) is 0 Å². The molecule has 0 bridgehead atoms. The van der Waals surface area contributed by atoms with Crippen molar-refractivity contribution in [3.63, 3.8) is 0 Å². The summed E-state index contributed by atoms with van der Waals surface area (Å²) in [5.74, 6) is 0. The molecule has 2 unspecified atom stereocenters. The quantitative estimate of drug-likeness (QED) is 0.857. The second-order valence-electron chi connectivity index (χ2n) is 5.87. The van der Waals surface area contributed by atoms with Crippen LogP contribution in [-0.2, 0) is 0 Å². The number of nitrogens with zero attached hydrogens (tertiary/aromatic N) is 1. The first-order chi connectivity index (χ1) is 9.02. The topological polar surface area (TPSA) is 35.5 Å². The Hall–Kier alpha value is -1.06. The van der Waals surface area contributed by atoms with Crippen molar-refractivity contribution in [2.45, 2.75) is 46.2 Å². The second-order valence-corrected chi connectivity index (χ2v) is 5.87. The average molecular weight is 262 g/mol. The predicted molar refractivity (Wildman–Crippen MR) is 81.0 cm³/mol. The van der Waals surface area contributed by atoms with Crippen LogP contribution >= 0.6 is 0 Å². The second kappa shape index (κ2) is 5.93. The molecule has 2 rings (SSSR count). The fourth-order valence-electron chi connectivity index (χ4n) is 3.19. The Bertz CT molecular complexity index is 421. The summed E-state index contributed by atoms with van der Waals surface area (Å²) in [5, 5.41) is 12.9. The van der Waals surface area contributed by atoms with Gasteiger partial charge in [0.1, 0.15) is 0 Å². The van der Waals surface area contributed by atoms with Gasteiger partial charge >= 0.3 is 0 Å². The molecule has 0 radical (unpaired) electrons. The summed E-state index contributed by atoms with van der Waals surface area (Å²) in [7, 11) is 0. The first-order valence-corrected chi connectivity index (χ1v) is 7.21. The number of aliphatic hydroxyl groups excluding tert-OH is 1. The van der Waals surface area contributed by atoms with Gasteiger partial charge < -0.3 is 15.3 Å². The standard InChI is InChI=1S/C16H26N2O/c1-11-7-12(2)16(13(3)8-11)18-9-15(10-19)17-6-5-14(18)4/h7-8,14-15,17,19H,5-6,9-10H2,1-4H3. The molecule has 3 heteroatoms. The van der Waals surface area contributed by atoms with Crippen LogP contribution in [0.4, 0.5) is 5.69 Å². The molecule has 0 aromatic heterocycles. The summed E-state index contributed by atoms with van der Waals surface area (Å²) in [6.07, 6.45) is 1.11. The van der Waals surface area contributed by atoms with Gasteiger partial charge in [-0.15, -0.1) is 0 Å². The normalized spacial score (nSPS) is 24.4. The van der Waals surface area contributed by atoms with E-state index in [1.54, 1.807) is 0 Å². The molecule has 0 saturated carbocycles. The number of hydrogen-bond acceptors (Lipinski definition) is 3. The number of aliphatic hydroxyl groups is 1. The Morgan fingerprint density at radius 3 is 2.47 bits per heavy atom. The zero-order chi connectivity index (χ0) is 14.0. The van der Waals surface area contributed by atoms with E-state index in [2.05, 4.69) is 50.0 Å². The third-order valence-corrected chi connectivity index (χ3v) is 4.09. The lowest BCUT2D eigenvalue weighted by Crippen LogP contribution is -2.42. The molecule has 0 aliphatic carbocycles. The highest BCUT2D eigenvalue weighted by Crippen LogP contribution is 2.29. The Balaban J connectivity index is 2.37. The lowest BCUT2D eigenvalue weighted by molar-refractivity contribution is 0.248. The number of benzene rings is 1. The molecule has 1 fully saturated rings. The van der Waals surface area contributed by atoms with Gasteiger partial charge in [-0.3, -0.25) is 0 Å². The lowest BCUT2D eigenvalue weighted by Gasteiger charge is -2.34. The fourth-order valence-corrected chi connectivity index (χ4v) is 3.19. The number of nitrogens with one attached hydrogen (secondary N) is 1. The SMILES string of the molecule is Cc1cc(C)c(N2CC(CO)NCCC2C)c(C)c1. The van der Waals surface area contributed by atoms with E-state index < -0.39 is 0 Å². The summed E-state index contributed by atoms with van der Waals surface area (Å²) < 4.78 is 0. The predicted octanol–water partition coefficient (Wildman–Crippen LogP) is 2.16. The summed E-state index contributed by atoms with van der Waals surface area (Å²) in [5.41, 5.74) is 5.34. The van der Waals surface area contributed by atoms with Gasteiger partial charge in [0, 0.05) is 24.3 Å². The van der Waals surface area contributed by atoms with Crippen molar-refractivity contribution in [1.29, 1.82) is 0 Å². The van der Waals surface area contributed by atoms with E-state index in [0.717, 1.165) is 19.5 Å². The van der Waals surface area contributed by atoms with Gasteiger partial charge in [0.25, 0.3) is 0 Å². The molecule has 2 N–H and O–H groups in total. The van der Waals surface area contributed by atoms with Crippen LogP contribution in [0.1, 0.15) is 30.0 Å². The highest BCUT2D eigenvalue weighted by atomic mass is 16.3. The molecule has 106 valence electrons. The Kier molecular flexibility index (Phi) is 4.48. The zero-order valence-electron chi connectivity index (χ0n) is 12.5. The van der Waals surface area contributed by atoms with Crippen molar-refractivity contribution in [2.24, 2.45) is 0 Å². The van der Waals surface area contributed by atoms with Crippen LogP contribution in [0.15, 0.2) is 12.1 Å². The van der Waals surface area contributed by atoms with Crippen molar-refractivity contribution in [2.75, 3.05) is 24.6 Å². The zero-order valence-corrected chi connectivity index (χ0v) is 12.5. The maximum atomic E-state index is 9.46. The monoisotopic (exact) mass is 262 g/mol.